The predicted molar refractivity (Wildman–Crippen MR) is 55.0 cm³/mol. The fraction of sp³-hybridized carbons (Fsp3) is 1.00. The molecule has 1 nitrogen and oxygen atoms in total. The van der Waals surface area contributed by atoms with Crippen molar-refractivity contribution in [2.24, 2.45) is 5.92 Å². The highest BCUT2D eigenvalue weighted by Gasteiger charge is 2.28. The van der Waals surface area contributed by atoms with E-state index in [2.05, 4.69) is 20.7 Å². The van der Waals surface area contributed by atoms with E-state index in [1.807, 2.05) is 11.8 Å². The second kappa shape index (κ2) is 5.61. The zero-order valence-corrected chi connectivity index (χ0v) is 9.92. The molecule has 0 amide bonds. The summed E-state index contributed by atoms with van der Waals surface area (Å²) < 4.78 is 39.6. The van der Waals surface area contributed by atoms with Crippen LogP contribution < -0.4 is 0 Å². The van der Waals surface area contributed by atoms with Crippen molar-refractivity contribution in [3.05, 3.63) is 0 Å². The molecule has 1 aliphatic heterocycles. The van der Waals surface area contributed by atoms with Crippen LogP contribution in [0, 0.1) is 5.92 Å². The van der Waals surface area contributed by atoms with Gasteiger partial charge in [-0.05, 0) is 18.1 Å². The highest BCUT2D eigenvalue weighted by molar-refractivity contribution is 9.09. The molecular formula is C8H12BrF3OS. The zero-order valence-electron chi connectivity index (χ0n) is 7.52. The highest BCUT2D eigenvalue weighted by Crippen LogP contribution is 2.32. The maximum atomic E-state index is 11.7. The molecule has 1 saturated heterocycles. The maximum absolute atomic E-state index is 11.7. The van der Waals surface area contributed by atoms with Crippen molar-refractivity contribution < 1.29 is 17.9 Å². The summed E-state index contributed by atoms with van der Waals surface area (Å²) >= 11 is 5.33. The van der Waals surface area contributed by atoms with Crippen molar-refractivity contribution in [2.45, 2.75) is 17.4 Å². The van der Waals surface area contributed by atoms with Crippen molar-refractivity contribution in [2.75, 3.05) is 24.7 Å². The zero-order chi connectivity index (χ0) is 10.6. The van der Waals surface area contributed by atoms with Gasteiger partial charge in [-0.3, -0.25) is 0 Å². The van der Waals surface area contributed by atoms with Gasteiger partial charge in [0.2, 0.25) is 0 Å². The molecule has 0 radical (unpaired) electrons. The molecule has 1 fully saturated rings. The van der Waals surface area contributed by atoms with Gasteiger partial charge in [0.05, 0.1) is 0 Å². The van der Waals surface area contributed by atoms with E-state index in [-0.39, 0.29) is 6.61 Å². The normalized spacial score (nSPS) is 28.3. The lowest BCUT2D eigenvalue weighted by Gasteiger charge is -2.13. The lowest BCUT2D eigenvalue weighted by molar-refractivity contribution is -0.174. The molecule has 0 spiro atoms. The lowest BCUT2D eigenvalue weighted by atomic mass is 10.1. The van der Waals surface area contributed by atoms with Crippen LogP contribution in [0.4, 0.5) is 13.2 Å². The van der Waals surface area contributed by atoms with Crippen LogP contribution in [0.1, 0.15) is 6.42 Å². The molecule has 1 aliphatic rings. The Balaban J connectivity index is 2.04. The molecule has 0 aromatic carbocycles. The van der Waals surface area contributed by atoms with Gasteiger partial charge >= 0.3 is 6.18 Å². The Morgan fingerprint density at radius 2 is 2.07 bits per heavy atom. The molecule has 2 unspecified atom stereocenters. The quantitative estimate of drug-likeness (QED) is 0.582. The third kappa shape index (κ3) is 4.89. The Kier molecular flexibility index (Phi) is 5.06. The van der Waals surface area contributed by atoms with E-state index in [1.165, 1.54) is 0 Å². The first-order valence-electron chi connectivity index (χ1n) is 4.35. The summed E-state index contributed by atoms with van der Waals surface area (Å²) in [5.41, 5.74) is 0. The molecule has 0 aromatic heterocycles. The number of thioether (sulfide) groups is 1. The number of hydrogen-bond donors (Lipinski definition) is 0. The standard InChI is InChI=1S/C8H12BrF3OS/c9-7-4-14-3-6(7)1-2-13-5-8(10,11)12/h6-7H,1-5H2. The number of alkyl halides is 4. The van der Waals surface area contributed by atoms with Gasteiger partial charge in [-0.15, -0.1) is 0 Å². The van der Waals surface area contributed by atoms with Crippen molar-refractivity contribution in [1.82, 2.24) is 0 Å². The van der Waals surface area contributed by atoms with Crippen LogP contribution in [-0.4, -0.2) is 35.7 Å². The molecule has 84 valence electrons. The van der Waals surface area contributed by atoms with E-state index in [0.717, 1.165) is 11.5 Å². The number of halogens is 4. The van der Waals surface area contributed by atoms with Gasteiger partial charge in [0.15, 0.2) is 0 Å². The number of hydrogen-bond acceptors (Lipinski definition) is 2. The van der Waals surface area contributed by atoms with Gasteiger partial charge < -0.3 is 4.74 Å². The Bertz CT molecular complexity index is 176. The van der Waals surface area contributed by atoms with Crippen molar-refractivity contribution in [3.63, 3.8) is 0 Å². The van der Waals surface area contributed by atoms with Crippen LogP contribution in [0.3, 0.4) is 0 Å². The first-order valence-corrected chi connectivity index (χ1v) is 6.42. The molecule has 6 heteroatoms. The molecule has 14 heavy (non-hydrogen) atoms. The Morgan fingerprint density at radius 3 is 2.57 bits per heavy atom. The second-order valence-electron chi connectivity index (χ2n) is 3.27. The first kappa shape index (κ1) is 12.6. The molecule has 0 bridgehead atoms. The van der Waals surface area contributed by atoms with E-state index < -0.39 is 12.8 Å². The van der Waals surface area contributed by atoms with E-state index in [0.29, 0.717) is 17.2 Å². The smallest absolute Gasteiger partial charge is 0.372 e. The SMILES string of the molecule is FC(F)(F)COCCC1CSCC1Br. The number of ether oxygens (including phenoxy) is 1. The van der Waals surface area contributed by atoms with E-state index >= 15 is 0 Å². The molecule has 0 aromatic rings. The van der Waals surface area contributed by atoms with Gasteiger partial charge in [-0.25, -0.2) is 0 Å². The predicted octanol–water partition coefficient (Wildman–Crippen LogP) is 3.08. The van der Waals surface area contributed by atoms with Crippen molar-refractivity contribution in [1.29, 1.82) is 0 Å². The highest BCUT2D eigenvalue weighted by atomic mass is 79.9. The lowest BCUT2D eigenvalue weighted by Crippen LogP contribution is -2.20. The Morgan fingerprint density at radius 1 is 1.36 bits per heavy atom. The average Bonchev–Trinajstić information content (AvgIpc) is 2.44. The van der Waals surface area contributed by atoms with Crippen LogP contribution in [0.25, 0.3) is 0 Å². The summed E-state index contributed by atoms with van der Waals surface area (Å²) in [6.45, 7) is -0.924. The summed E-state index contributed by atoms with van der Waals surface area (Å²) in [4.78, 5) is 0.432. The largest absolute Gasteiger partial charge is 0.411 e. The second-order valence-corrected chi connectivity index (χ2v) is 5.52. The van der Waals surface area contributed by atoms with E-state index in [9.17, 15) is 13.2 Å². The molecule has 0 aliphatic carbocycles. The molecule has 2 atom stereocenters. The van der Waals surface area contributed by atoms with Crippen LogP contribution >= 0.6 is 27.7 Å². The molecule has 1 heterocycles. The third-order valence-electron chi connectivity index (χ3n) is 2.02. The minimum atomic E-state index is -4.20. The fourth-order valence-electron chi connectivity index (χ4n) is 1.26. The Hall–Kier alpha value is 0.580. The van der Waals surface area contributed by atoms with Gasteiger partial charge in [0, 0.05) is 17.2 Å². The molecular weight excluding hydrogens is 281 g/mol. The Labute approximate surface area is 93.9 Å². The van der Waals surface area contributed by atoms with E-state index in [1.54, 1.807) is 0 Å². The summed E-state index contributed by atoms with van der Waals surface area (Å²) in [6, 6.07) is 0. The molecule has 0 saturated carbocycles. The first-order chi connectivity index (χ1) is 6.49. The summed E-state index contributed by atoms with van der Waals surface area (Å²) in [5, 5.41) is 0. The van der Waals surface area contributed by atoms with Crippen molar-refractivity contribution in [3.8, 4) is 0 Å². The summed E-state index contributed by atoms with van der Waals surface area (Å²) in [5.74, 6) is 2.52. The van der Waals surface area contributed by atoms with Crippen LogP contribution in [0.15, 0.2) is 0 Å². The molecule has 0 N–H and O–H groups in total. The van der Waals surface area contributed by atoms with Gasteiger partial charge in [-0.1, -0.05) is 15.9 Å². The van der Waals surface area contributed by atoms with Crippen LogP contribution in [0.2, 0.25) is 0 Å². The number of rotatable bonds is 4. The van der Waals surface area contributed by atoms with Gasteiger partial charge in [0.25, 0.3) is 0 Å². The van der Waals surface area contributed by atoms with Crippen LogP contribution in [0.5, 0.6) is 0 Å². The minimum absolute atomic E-state index is 0.201. The monoisotopic (exact) mass is 292 g/mol. The fourth-order valence-corrected chi connectivity index (χ4v) is 3.85. The van der Waals surface area contributed by atoms with Crippen LogP contribution in [-0.2, 0) is 4.74 Å². The topological polar surface area (TPSA) is 9.23 Å². The van der Waals surface area contributed by atoms with Gasteiger partial charge in [0.1, 0.15) is 6.61 Å². The van der Waals surface area contributed by atoms with Gasteiger partial charge in [-0.2, -0.15) is 24.9 Å². The minimum Gasteiger partial charge on any atom is -0.372 e. The average molecular weight is 293 g/mol. The summed E-state index contributed by atoms with van der Waals surface area (Å²) in [6.07, 6.45) is -3.49. The third-order valence-corrected chi connectivity index (χ3v) is 4.78. The summed E-state index contributed by atoms with van der Waals surface area (Å²) in [7, 11) is 0. The van der Waals surface area contributed by atoms with Crippen molar-refractivity contribution >= 4 is 27.7 Å². The molecule has 1 rings (SSSR count). The maximum Gasteiger partial charge on any atom is 0.411 e. The van der Waals surface area contributed by atoms with E-state index in [4.69, 9.17) is 0 Å².